The van der Waals surface area contributed by atoms with Crippen LogP contribution in [0.4, 0.5) is 10.1 Å². The van der Waals surface area contributed by atoms with Crippen molar-refractivity contribution in [2.45, 2.75) is 39.7 Å². The second-order valence-corrected chi connectivity index (χ2v) is 8.59. The number of aromatic nitrogens is 2. The van der Waals surface area contributed by atoms with Crippen LogP contribution >= 0.6 is 0 Å². The number of anilines is 1. The molecule has 186 valence electrons. The van der Waals surface area contributed by atoms with Gasteiger partial charge < -0.3 is 15.4 Å². The van der Waals surface area contributed by atoms with Gasteiger partial charge in [-0.25, -0.2) is 4.39 Å². The van der Waals surface area contributed by atoms with Gasteiger partial charge in [-0.3, -0.25) is 19.1 Å². The molecule has 1 unspecified atom stereocenters. The number of halogens is 1. The van der Waals surface area contributed by atoms with Crippen molar-refractivity contribution in [2.24, 2.45) is 0 Å². The minimum absolute atomic E-state index is 0.0137. The van der Waals surface area contributed by atoms with Crippen LogP contribution in [0, 0.1) is 19.7 Å². The molecular weight excluding hydrogens is 463 g/mol. The number of hydrogen-bond acceptors (Lipinski definition) is 5. The SMILES string of the molecule is CCOC(=O)Cn1nc(-c2ccc(C)c(NC(=O)C3=CNC(=O)CC3c3ccc(F)cc3)c2)cc1C. The van der Waals surface area contributed by atoms with Crippen LogP contribution in [0.15, 0.2) is 60.3 Å². The summed E-state index contributed by atoms with van der Waals surface area (Å²) in [6.07, 6.45) is 1.50. The number of nitrogens with one attached hydrogen (secondary N) is 2. The second-order valence-electron chi connectivity index (χ2n) is 8.59. The fourth-order valence-corrected chi connectivity index (χ4v) is 4.08. The summed E-state index contributed by atoms with van der Waals surface area (Å²) in [6, 6.07) is 13.2. The molecule has 0 saturated carbocycles. The molecule has 2 aromatic carbocycles. The topological polar surface area (TPSA) is 102 Å². The van der Waals surface area contributed by atoms with Crippen molar-refractivity contribution in [1.29, 1.82) is 0 Å². The van der Waals surface area contributed by atoms with Crippen LogP contribution in [0.3, 0.4) is 0 Å². The van der Waals surface area contributed by atoms with Crippen molar-refractivity contribution in [3.05, 3.63) is 82.9 Å². The van der Waals surface area contributed by atoms with Crippen LogP contribution in [0.25, 0.3) is 11.3 Å². The van der Waals surface area contributed by atoms with Crippen LogP contribution in [-0.4, -0.2) is 34.2 Å². The van der Waals surface area contributed by atoms with E-state index in [2.05, 4.69) is 15.7 Å². The van der Waals surface area contributed by atoms with E-state index in [9.17, 15) is 18.8 Å². The number of aryl methyl sites for hydroxylation is 2. The van der Waals surface area contributed by atoms with Crippen LogP contribution in [-0.2, 0) is 25.7 Å². The Hall–Kier alpha value is -4.27. The maximum absolute atomic E-state index is 13.4. The van der Waals surface area contributed by atoms with E-state index < -0.39 is 5.92 Å². The standard InChI is InChI=1S/C27H27FN4O4/c1-4-36-26(34)15-32-17(3)11-24(31-32)19-6-5-16(2)23(12-19)30-27(35)22-14-29-25(33)13-21(22)18-7-9-20(28)10-8-18/h5-12,14,21H,4,13,15H2,1-3H3,(H,29,33)(H,30,35). The molecule has 36 heavy (non-hydrogen) atoms. The maximum atomic E-state index is 13.4. The molecule has 1 aliphatic heterocycles. The molecule has 1 aliphatic rings. The van der Waals surface area contributed by atoms with Crippen LogP contribution in [0.5, 0.6) is 0 Å². The third-order valence-electron chi connectivity index (χ3n) is 6.04. The molecule has 2 amide bonds. The zero-order chi connectivity index (χ0) is 25.8. The molecular formula is C27H27FN4O4. The fourth-order valence-electron chi connectivity index (χ4n) is 4.08. The molecule has 2 N–H and O–H groups in total. The van der Waals surface area contributed by atoms with Crippen molar-refractivity contribution in [3.63, 3.8) is 0 Å². The third kappa shape index (κ3) is 5.51. The molecule has 1 aromatic heterocycles. The molecule has 2 heterocycles. The Morgan fingerprint density at radius 2 is 1.92 bits per heavy atom. The Labute approximate surface area is 208 Å². The minimum Gasteiger partial charge on any atom is -0.465 e. The highest BCUT2D eigenvalue weighted by molar-refractivity contribution is 6.07. The average molecular weight is 491 g/mol. The Morgan fingerprint density at radius 1 is 1.17 bits per heavy atom. The van der Waals surface area contributed by atoms with E-state index in [0.717, 1.165) is 16.8 Å². The van der Waals surface area contributed by atoms with Crippen molar-refractivity contribution in [3.8, 4) is 11.3 Å². The zero-order valence-electron chi connectivity index (χ0n) is 20.3. The molecule has 9 heteroatoms. The van der Waals surface area contributed by atoms with Crippen molar-refractivity contribution >= 4 is 23.5 Å². The number of esters is 1. The normalized spacial score (nSPS) is 15.2. The molecule has 3 aromatic rings. The number of rotatable bonds is 7. The van der Waals surface area contributed by atoms with Gasteiger partial charge in [0, 0.05) is 41.1 Å². The Bertz CT molecular complexity index is 1340. The van der Waals surface area contributed by atoms with Gasteiger partial charge in [-0.1, -0.05) is 24.3 Å². The number of carbonyl (C=O) groups is 3. The average Bonchev–Trinajstić information content (AvgIpc) is 3.20. The van der Waals surface area contributed by atoms with Gasteiger partial charge in [0.2, 0.25) is 5.91 Å². The van der Waals surface area contributed by atoms with Gasteiger partial charge in [0.25, 0.3) is 5.91 Å². The summed E-state index contributed by atoms with van der Waals surface area (Å²) in [7, 11) is 0. The fraction of sp³-hybridized carbons (Fsp3) is 0.259. The molecule has 0 fully saturated rings. The summed E-state index contributed by atoms with van der Waals surface area (Å²) in [6.45, 7) is 5.79. The summed E-state index contributed by atoms with van der Waals surface area (Å²) in [5, 5.41) is 10.1. The van der Waals surface area contributed by atoms with E-state index in [4.69, 9.17) is 4.74 Å². The van der Waals surface area contributed by atoms with Gasteiger partial charge in [-0.2, -0.15) is 5.10 Å². The van der Waals surface area contributed by atoms with E-state index in [1.807, 2.05) is 38.1 Å². The van der Waals surface area contributed by atoms with Gasteiger partial charge in [0.15, 0.2) is 0 Å². The highest BCUT2D eigenvalue weighted by Crippen LogP contribution is 2.32. The van der Waals surface area contributed by atoms with Crippen molar-refractivity contribution < 1.29 is 23.5 Å². The van der Waals surface area contributed by atoms with Crippen LogP contribution in [0.2, 0.25) is 0 Å². The predicted octanol–water partition coefficient (Wildman–Crippen LogP) is 4.00. The lowest BCUT2D eigenvalue weighted by molar-refractivity contribution is -0.144. The highest BCUT2D eigenvalue weighted by atomic mass is 19.1. The monoisotopic (exact) mass is 490 g/mol. The summed E-state index contributed by atoms with van der Waals surface area (Å²) < 4.78 is 20.0. The first-order chi connectivity index (χ1) is 17.2. The predicted molar refractivity (Wildman–Crippen MR) is 132 cm³/mol. The van der Waals surface area contributed by atoms with E-state index in [0.29, 0.717) is 29.1 Å². The molecule has 0 bridgehead atoms. The lowest BCUT2D eigenvalue weighted by Crippen LogP contribution is -2.32. The van der Waals surface area contributed by atoms with Gasteiger partial charge in [-0.15, -0.1) is 0 Å². The van der Waals surface area contributed by atoms with E-state index >= 15 is 0 Å². The number of nitrogens with zero attached hydrogens (tertiary/aromatic N) is 2. The smallest absolute Gasteiger partial charge is 0.327 e. The van der Waals surface area contributed by atoms with Crippen molar-refractivity contribution in [2.75, 3.05) is 11.9 Å². The second kappa shape index (κ2) is 10.6. The highest BCUT2D eigenvalue weighted by Gasteiger charge is 2.29. The zero-order valence-corrected chi connectivity index (χ0v) is 20.3. The molecule has 4 rings (SSSR count). The number of carbonyl (C=O) groups excluding carboxylic acids is 3. The first-order valence-electron chi connectivity index (χ1n) is 11.6. The van der Waals surface area contributed by atoms with Crippen molar-refractivity contribution in [1.82, 2.24) is 15.1 Å². The summed E-state index contributed by atoms with van der Waals surface area (Å²) in [5.74, 6) is -1.83. The van der Waals surface area contributed by atoms with Gasteiger partial charge >= 0.3 is 5.97 Å². The molecule has 0 spiro atoms. The van der Waals surface area contributed by atoms with Crippen LogP contribution in [0.1, 0.15) is 36.1 Å². The minimum atomic E-state index is -0.496. The largest absolute Gasteiger partial charge is 0.465 e. The van der Waals surface area contributed by atoms with Crippen LogP contribution < -0.4 is 10.6 Å². The quantitative estimate of drug-likeness (QED) is 0.488. The van der Waals surface area contributed by atoms with Gasteiger partial charge in [0.05, 0.1) is 12.3 Å². The summed E-state index contributed by atoms with van der Waals surface area (Å²) in [4.78, 5) is 37.2. The number of benzene rings is 2. The number of ether oxygens (including phenoxy) is 1. The molecule has 0 radical (unpaired) electrons. The Balaban J connectivity index is 1.57. The molecule has 0 aliphatic carbocycles. The first kappa shape index (κ1) is 24.8. The third-order valence-corrected chi connectivity index (χ3v) is 6.04. The number of amides is 2. The summed E-state index contributed by atoms with van der Waals surface area (Å²) in [5.41, 5.74) is 4.71. The number of hydrogen-bond donors (Lipinski definition) is 2. The Kier molecular flexibility index (Phi) is 7.28. The lowest BCUT2D eigenvalue weighted by atomic mass is 9.86. The molecule has 0 saturated heterocycles. The first-order valence-corrected chi connectivity index (χ1v) is 11.6. The Morgan fingerprint density at radius 3 is 2.64 bits per heavy atom. The van der Waals surface area contributed by atoms with E-state index in [1.54, 1.807) is 23.7 Å². The molecule has 1 atom stereocenters. The lowest BCUT2D eigenvalue weighted by Gasteiger charge is -2.24. The maximum Gasteiger partial charge on any atom is 0.327 e. The summed E-state index contributed by atoms with van der Waals surface area (Å²) >= 11 is 0. The van der Waals surface area contributed by atoms with Gasteiger partial charge in [-0.05, 0) is 56.2 Å². The molecule has 8 nitrogen and oxygen atoms in total. The van der Waals surface area contributed by atoms with E-state index in [1.165, 1.54) is 18.3 Å². The van der Waals surface area contributed by atoms with Gasteiger partial charge in [0.1, 0.15) is 12.4 Å². The van der Waals surface area contributed by atoms with E-state index in [-0.39, 0.29) is 36.6 Å².